The molecule has 2 aromatic rings. The highest BCUT2D eigenvalue weighted by atomic mass is 16.4. The number of benzene rings is 2. The lowest BCUT2D eigenvalue weighted by molar-refractivity contribution is -0.758. The third-order valence-corrected chi connectivity index (χ3v) is 5.48. The van der Waals surface area contributed by atoms with Gasteiger partial charge in [-0.25, -0.2) is 4.79 Å². The number of piperidine rings is 1. The van der Waals surface area contributed by atoms with Gasteiger partial charge in [0.2, 0.25) is 0 Å². The van der Waals surface area contributed by atoms with Gasteiger partial charge in [0.05, 0.1) is 5.60 Å². The fraction of sp³-hybridized carbons (Fsp3) is 0.391. The molecule has 156 valence electrons. The lowest BCUT2D eigenvalue weighted by Crippen LogP contribution is -2.91. The Labute approximate surface area is 171 Å². The molecule has 0 aliphatic carbocycles. The molecule has 6 heteroatoms. The van der Waals surface area contributed by atoms with Gasteiger partial charge in [-0.1, -0.05) is 74.5 Å². The van der Waals surface area contributed by atoms with E-state index in [1.807, 2.05) is 6.92 Å². The molecule has 0 spiro atoms. The number of aliphatic carboxylic acids is 2. The van der Waals surface area contributed by atoms with Gasteiger partial charge in [-0.05, 0) is 12.8 Å². The van der Waals surface area contributed by atoms with Crippen LogP contribution < -0.4 is 10.4 Å². The summed E-state index contributed by atoms with van der Waals surface area (Å²) < 4.78 is 0. The zero-order valence-electron chi connectivity index (χ0n) is 17.0. The van der Waals surface area contributed by atoms with Gasteiger partial charge < -0.3 is 25.4 Å². The van der Waals surface area contributed by atoms with E-state index in [1.165, 1.54) is 11.1 Å². The summed E-state index contributed by atoms with van der Waals surface area (Å²) >= 11 is 0. The van der Waals surface area contributed by atoms with E-state index in [-0.39, 0.29) is 12.0 Å². The molecule has 1 aliphatic rings. The van der Waals surface area contributed by atoms with Crippen molar-refractivity contribution in [1.29, 1.82) is 0 Å². The van der Waals surface area contributed by atoms with Gasteiger partial charge in [0.1, 0.15) is 12.1 Å². The molecule has 1 heterocycles. The minimum absolute atomic E-state index is 0.241. The molecule has 0 aromatic heterocycles. The van der Waals surface area contributed by atoms with Crippen molar-refractivity contribution in [2.24, 2.45) is 11.8 Å². The Morgan fingerprint density at radius 1 is 1.03 bits per heavy atom. The van der Waals surface area contributed by atoms with Gasteiger partial charge in [-0.15, -0.1) is 0 Å². The maximum atomic E-state index is 11.2. The molecule has 3 rings (SSSR count). The zero-order chi connectivity index (χ0) is 21.6. The molecule has 29 heavy (non-hydrogen) atoms. The van der Waals surface area contributed by atoms with Crippen molar-refractivity contribution >= 4 is 11.9 Å². The third-order valence-electron chi connectivity index (χ3n) is 5.48. The first kappa shape index (κ1) is 22.6. The van der Waals surface area contributed by atoms with Gasteiger partial charge in [-0.3, -0.25) is 0 Å². The average molecular weight is 399 g/mol. The molecule has 4 N–H and O–H groups in total. The minimum Gasteiger partial charge on any atom is -0.539 e. The number of hydrogen-bond donors (Lipinski definition) is 3. The minimum atomic E-state index is -2.07. The largest absolute Gasteiger partial charge is 0.539 e. The summed E-state index contributed by atoms with van der Waals surface area (Å²) in [7, 11) is 0. The molecule has 0 bridgehead atoms. The molecule has 4 unspecified atom stereocenters. The Morgan fingerprint density at radius 2 is 1.48 bits per heavy atom. The van der Waals surface area contributed by atoms with E-state index in [0.29, 0.717) is 12.0 Å². The van der Waals surface area contributed by atoms with Crippen LogP contribution in [-0.2, 0) is 9.59 Å². The lowest BCUT2D eigenvalue weighted by Gasteiger charge is -2.46. The van der Waals surface area contributed by atoms with Crippen LogP contribution in [-0.4, -0.2) is 27.8 Å². The molecule has 6 nitrogen and oxygen atoms in total. The maximum Gasteiger partial charge on any atom is 0.351 e. The number of nitrogens with two attached hydrogens (primary N) is 1. The summed E-state index contributed by atoms with van der Waals surface area (Å²) in [4.78, 5) is 18.0. The smallest absolute Gasteiger partial charge is 0.351 e. The van der Waals surface area contributed by atoms with E-state index in [1.54, 1.807) is 0 Å². The van der Waals surface area contributed by atoms with E-state index >= 15 is 0 Å². The first-order valence-electron chi connectivity index (χ1n) is 9.75. The molecule has 4 atom stereocenters. The van der Waals surface area contributed by atoms with Crippen molar-refractivity contribution in [3.63, 3.8) is 0 Å². The number of carbonyl (C=O) groups excluding carboxylic acids is 1. The predicted molar refractivity (Wildman–Crippen MR) is 107 cm³/mol. The highest BCUT2D eigenvalue weighted by Crippen LogP contribution is 2.42. The molecule has 0 radical (unpaired) electrons. The van der Waals surface area contributed by atoms with Crippen LogP contribution in [0.25, 0.3) is 0 Å². The molecule has 1 saturated heterocycles. The Balaban J connectivity index is 0.000000438. The van der Waals surface area contributed by atoms with Gasteiger partial charge in [0, 0.05) is 23.5 Å². The molecule has 0 amide bonds. The van der Waals surface area contributed by atoms with Gasteiger partial charge in [0.25, 0.3) is 0 Å². The van der Waals surface area contributed by atoms with Crippen LogP contribution in [0.2, 0.25) is 0 Å². The van der Waals surface area contributed by atoms with Crippen LogP contribution in [0.3, 0.4) is 0 Å². The fourth-order valence-electron chi connectivity index (χ4n) is 4.46. The van der Waals surface area contributed by atoms with Crippen LogP contribution in [0.5, 0.6) is 0 Å². The van der Waals surface area contributed by atoms with Crippen molar-refractivity contribution < 1.29 is 30.2 Å². The summed E-state index contributed by atoms with van der Waals surface area (Å²) in [6.07, 6.45) is 0.795. The van der Waals surface area contributed by atoms with Crippen molar-refractivity contribution in [2.45, 2.75) is 44.9 Å². The quantitative estimate of drug-likeness (QED) is 0.673. The van der Waals surface area contributed by atoms with Gasteiger partial charge in [0.15, 0.2) is 5.97 Å². The number of quaternary nitrogens is 1. The van der Waals surface area contributed by atoms with Crippen LogP contribution in [0.15, 0.2) is 60.7 Å². The second-order valence-electron chi connectivity index (χ2n) is 8.07. The standard InChI is InChI=1S/C21H27NO.C2H2O4/c1-15(2)19-20(17-12-8-5-9-13-17)22-18(14-21(19,3)23)16-10-6-4-7-11-16;3-1(4)2(5)6/h4-13,15,18-20,22-23H,14H2,1-3H3;(H,3,4)(H,5,6). The van der Waals surface area contributed by atoms with E-state index in [0.717, 1.165) is 6.42 Å². The fourth-order valence-corrected chi connectivity index (χ4v) is 4.46. The van der Waals surface area contributed by atoms with Gasteiger partial charge in [-0.2, -0.15) is 0 Å². The highest BCUT2D eigenvalue weighted by Gasteiger charge is 2.49. The van der Waals surface area contributed by atoms with Crippen LogP contribution in [0, 0.1) is 11.8 Å². The topological polar surface area (TPSA) is 114 Å². The summed E-state index contributed by atoms with van der Waals surface area (Å²) in [5.74, 6) is -3.34. The van der Waals surface area contributed by atoms with E-state index in [2.05, 4.69) is 79.8 Å². The summed E-state index contributed by atoms with van der Waals surface area (Å²) in [5.41, 5.74) is 1.95. The number of rotatable bonds is 3. The van der Waals surface area contributed by atoms with Crippen molar-refractivity contribution in [1.82, 2.24) is 0 Å². The number of carboxylic acid groups (broad SMARTS) is 2. The second-order valence-corrected chi connectivity index (χ2v) is 8.07. The van der Waals surface area contributed by atoms with E-state index < -0.39 is 17.5 Å². The normalized spacial score (nSPS) is 26.3. The Hall–Kier alpha value is -2.70. The predicted octanol–water partition coefficient (Wildman–Crippen LogP) is 1.28. The SMILES string of the molecule is CC(C)C1C(c2ccccc2)[NH2+]C(c2ccccc2)CC1(C)O.O=C([O-])C(=O)O. The monoisotopic (exact) mass is 399 g/mol. The van der Waals surface area contributed by atoms with Crippen LogP contribution >= 0.6 is 0 Å². The second kappa shape index (κ2) is 9.67. The van der Waals surface area contributed by atoms with Crippen LogP contribution in [0.4, 0.5) is 0 Å². The first-order valence-corrected chi connectivity index (χ1v) is 9.75. The molecular formula is C23H29NO5. The zero-order valence-corrected chi connectivity index (χ0v) is 17.0. The first-order chi connectivity index (χ1) is 13.6. The number of carboxylic acids is 2. The van der Waals surface area contributed by atoms with Gasteiger partial charge >= 0.3 is 5.97 Å². The Morgan fingerprint density at radius 3 is 1.90 bits per heavy atom. The van der Waals surface area contributed by atoms with Crippen LogP contribution in [0.1, 0.15) is 50.4 Å². The number of hydrogen-bond acceptors (Lipinski definition) is 4. The Kier molecular flexibility index (Phi) is 7.53. The maximum absolute atomic E-state index is 11.2. The van der Waals surface area contributed by atoms with Crippen molar-refractivity contribution in [2.75, 3.05) is 0 Å². The summed E-state index contributed by atoms with van der Waals surface area (Å²) in [6.45, 7) is 6.48. The van der Waals surface area contributed by atoms with E-state index in [9.17, 15) is 5.11 Å². The van der Waals surface area contributed by atoms with Crippen molar-refractivity contribution in [3.05, 3.63) is 71.8 Å². The molecular weight excluding hydrogens is 370 g/mol. The number of aliphatic hydroxyl groups is 1. The third kappa shape index (κ3) is 5.89. The molecule has 1 aliphatic heterocycles. The summed E-state index contributed by atoms with van der Waals surface area (Å²) in [5, 5.41) is 30.0. The average Bonchev–Trinajstić information content (AvgIpc) is 2.68. The van der Waals surface area contributed by atoms with E-state index in [4.69, 9.17) is 19.8 Å². The number of carbonyl (C=O) groups is 2. The summed E-state index contributed by atoms with van der Waals surface area (Å²) in [6, 6.07) is 21.8. The van der Waals surface area contributed by atoms with Crippen molar-refractivity contribution in [3.8, 4) is 0 Å². The molecule has 1 fully saturated rings. The molecule has 2 aromatic carbocycles. The lowest BCUT2D eigenvalue weighted by atomic mass is 9.67. The molecule has 0 saturated carbocycles. The Bertz CT molecular complexity index is 793. The highest BCUT2D eigenvalue weighted by molar-refractivity contribution is 6.26.